The minimum atomic E-state index is -0.153. The number of carbonyl (C=O) groups is 2. The topological polar surface area (TPSA) is 84.5 Å². The van der Waals surface area contributed by atoms with Crippen LogP contribution in [0.3, 0.4) is 0 Å². The number of likely N-dealkylation sites (tertiary alicyclic amines) is 1. The summed E-state index contributed by atoms with van der Waals surface area (Å²) in [4.78, 5) is 26.1. The number of aromatic nitrogens is 2. The Kier molecular flexibility index (Phi) is 4.42. The molecule has 1 amide bonds. The molecule has 1 saturated heterocycles. The lowest BCUT2D eigenvalue weighted by Crippen LogP contribution is -2.41. The Bertz CT molecular complexity index is 561. The van der Waals surface area contributed by atoms with Gasteiger partial charge in [0.15, 0.2) is 5.69 Å². The first-order valence-electron chi connectivity index (χ1n) is 7.80. The monoisotopic (exact) mass is 307 g/mol. The second kappa shape index (κ2) is 6.48. The molecule has 0 aromatic carbocycles. The van der Waals surface area contributed by atoms with Crippen molar-refractivity contribution in [3.63, 3.8) is 0 Å². The Labute approximate surface area is 129 Å². The largest absolute Gasteiger partial charge is 0.466 e. The first kappa shape index (κ1) is 15.0. The normalized spacial score (nSPS) is 18.9. The second-order valence-electron chi connectivity index (χ2n) is 5.65. The van der Waals surface area contributed by atoms with E-state index >= 15 is 0 Å². The highest BCUT2D eigenvalue weighted by atomic mass is 16.5. The number of piperidine rings is 1. The Balaban J connectivity index is 1.63. The fourth-order valence-corrected chi connectivity index (χ4v) is 3.02. The molecule has 1 fully saturated rings. The van der Waals surface area contributed by atoms with Gasteiger partial charge in [0.25, 0.3) is 5.91 Å². The summed E-state index contributed by atoms with van der Waals surface area (Å²) in [6.45, 7) is 4.42. The highest BCUT2D eigenvalue weighted by molar-refractivity contribution is 5.94. The molecule has 3 heterocycles. The molecule has 2 aliphatic heterocycles. The van der Waals surface area contributed by atoms with Crippen LogP contribution in [0.4, 0.5) is 0 Å². The van der Waals surface area contributed by atoms with Crippen LogP contribution in [-0.4, -0.2) is 53.3 Å². The van der Waals surface area contributed by atoms with Gasteiger partial charge in [0, 0.05) is 30.8 Å². The van der Waals surface area contributed by atoms with Gasteiger partial charge >= 0.3 is 5.97 Å². The maximum atomic E-state index is 12.6. The highest BCUT2D eigenvalue weighted by Gasteiger charge is 2.31. The lowest BCUT2D eigenvalue weighted by Gasteiger charge is -2.30. The van der Waals surface area contributed by atoms with Crippen LogP contribution in [-0.2, 0) is 27.3 Å². The van der Waals surface area contributed by atoms with Crippen molar-refractivity contribution in [1.82, 2.24) is 15.1 Å². The molecule has 1 aromatic heterocycles. The molecule has 0 spiro atoms. The van der Waals surface area contributed by atoms with Gasteiger partial charge in [0.2, 0.25) is 0 Å². The lowest BCUT2D eigenvalue weighted by molar-refractivity contribution is -0.149. The van der Waals surface area contributed by atoms with Gasteiger partial charge in [-0.25, -0.2) is 0 Å². The summed E-state index contributed by atoms with van der Waals surface area (Å²) in [6.07, 6.45) is 2.06. The van der Waals surface area contributed by atoms with Gasteiger partial charge in [0.05, 0.1) is 25.7 Å². The predicted octanol–water partition coefficient (Wildman–Crippen LogP) is 0.898. The van der Waals surface area contributed by atoms with Gasteiger partial charge in [-0.1, -0.05) is 0 Å². The number of carbonyl (C=O) groups excluding carboxylic acids is 2. The maximum Gasteiger partial charge on any atom is 0.309 e. The quantitative estimate of drug-likeness (QED) is 0.839. The van der Waals surface area contributed by atoms with E-state index < -0.39 is 0 Å². The number of ether oxygens (including phenoxy) is 2. The summed E-state index contributed by atoms with van der Waals surface area (Å²) < 4.78 is 10.5. The molecule has 1 aromatic rings. The van der Waals surface area contributed by atoms with E-state index in [1.807, 2.05) is 0 Å². The van der Waals surface area contributed by atoms with Crippen molar-refractivity contribution in [1.29, 1.82) is 0 Å². The molecule has 0 unspecified atom stereocenters. The molecular formula is C15H21N3O4. The van der Waals surface area contributed by atoms with Crippen molar-refractivity contribution in [2.24, 2.45) is 5.92 Å². The molecule has 120 valence electrons. The van der Waals surface area contributed by atoms with Crippen molar-refractivity contribution in [2.75, 3.05) is 26.3 Å². The minimum absolute atomic E-state index is 0.0784. The number of hydrogen-bond acceptors (Lipinski definition) is 5. The Hall–Kier alpha value is -1.89. The molecule has 1 N–H and O–H groups in total. The van der Waals surface area contributed by atoms with E-state index in [0.717, 1.165) is 17.7 Å². The molecule has 0 radical (unpaired) electrons. The van der Waals surface area contributed by atoms with E-state index in [4.69, 9.17) is 9.47 Å². The van der Waals surface area contributed by atoms with Crippen LogP contribution in [0.15, 0.2) is 0 Å². The van der Waals surface area contributed by atoms with E-state index in [2.05, 4.69) is 10.2 Å². The van der Waals surface area contributed by atoms with Crippen LogP contribution >= 0.6 is 0 Å². The highest BCUT2D eigenvalue weighted by Crippen LogP contribution is 2.23. The molecule has 0 aliphatic carbocycles. The number of hydrogen-bond donors (Lipinski definition) is 1. The molecule has 7 nitrogen and oxygen atoms in total. The zero-order valence-corrected chi connectivity index (χ0v) is 12.8. The summed E-state index contributed by atoms with van der Waals surface area (Å²) in [5.74, 6) is -0.328. The molecule has 0 atom stereocenters. The van der Waals surface area contributed by atoms with Crippen molar-refractivity contribution in [3.05, 3.63) is 17.0 Å². The summed E-state index contributed by atoms with van der Waals surface area (Å²) in [7, 11) is 0. The van der Waals surface area contributed by atoms with Gasteiger partial charge in [-0.15, -0.1) is 0 Å². The van der Waals surface area contributed by atoms with Gasteiger partial charge in [-0.3, -0.25) is 14.7 Å². The van der Waals surface area contributed by atoms with Crippen LogP contribution in [0.2, 0.25) is 0 Å². The van der Waals surface area contributed by atoms with Crippen LogP contribution < -0.4 is 0 Å². The van der Waals surface area contributed by atoms with Crippen molar-refractivity contribution in [2.45, 2.75) is 32.8 Å². The van der Waals surface area contributed by atoms with Crippen molar-refractivity contribution < 1.29 is 19.1 Å². The number of fused-ring (bicyclic) bond motifs is 1. The summed E-state index contributed by atoms with van der Waals surface area (Å²) >= 11 is 0. The number of nitrogens with zero attached hydrogens (tertiary/aromatic N) is 2. The second-order valence-corrected chi connectivity index (χ2v) is 5.65. The first-order chi connectivity index (χ1) is 10.7. The van der Waals surface area contributed by atoms with Gasteiger partial charge in [-0.05, 0) is 19.8 Å². The zero-order chi connectivity index (χ0) is 15.5. The zero-order valence-electron chi connectivity index (χ0n) is 12.8. The molecule has 22 heavy (non-hydrogen) atoms. The van der Waals surface area contributed by atoms with Crippen LogP contribution in [0.5, 0.6) is 0 Å². The van der Waals surface area contributed by atoms with Crippen molar-refractivity contribution in [3.8, 4) is 0 Å². The Morgan fingerprint density at radius 2 is 2.18 bits per heavy atom. The third kappa shape index (κ3) is 2.85. The average molecular weight is 307 g/mol. The van der Waals surface area contributed by atoms with Crippen molar-refractivity contribution >= 4 is 11.9 Å². The van der Waals surface area contributed by atoms with E-state index in [0.29, 0.717) is 51.4 Å². The van der Waals surface area contributed by atoms with Gasteiger partial charge in [-0.2, -0.15) is 5.10 Å². The number of amides is 1. The van der Waals surface area contributed by atoms with Gasteiger partial charge in [0.1, 0.15) is 0 Å². The Morgan fingerprint density at radius 3 is 2.91 bits per heavy atom. The predicted molar refractivity (Wildman–Crippen MR) is 77.2 cm³/mol. The minimum Gasteiger partial charge on any atom is -0.466 e. The summed E-state index contributed by atoms with van der Waals surface area (Å²) in [6, 6.07) is 0. The smallest absolute Gasteiger partial charge is 0.309 e. The van der Waals surface area contributed by atoms with Crippen LogP contribution in [0.1, 0.15) is 41.5 Å². The Morgan fingerprint density at radius 1 is 1.41 bits per heavy atom. The van der Waals surface area contributed by atoms with E-state index in [9.17, 15) is 9.59 Å². The van der Waals surface area contributed by atoms with Gasteiger partial charge < -0.3 is 14.4 Å². The third-order valence-corrected chi connectivity index (χ3v) is 4.30. The molecule has 7 heteroatoms. The summed E-state index contributed by atoms with van der Waals surface area (Å²) in [5.41, 5.74) is 2.34. The standard InChI is InChI=1S/C15H21N3O4/c1-2-22-15(20)10-3-6-18(7-4-10)14(19)13-11-9-21-8-5-12(11)16-17-13/h10H,2-9H2,1H3,(H,16,17). The number of H-pyrrole nitrogens is 1. The number of esters is 1. The van der Waals surface area contributed by atoms with Crippen LogP contribution in [0, 0.1) is 5.92 Å². The number of aromatic amines is 1. The molecule has 3 rings (SSSR count). The number of nitrogens with one attached hydrogen (secondary N) is 1. The SMILES string of the molecule is CCOC(=O)C1CCN(C(=O)c2n[nH]c3c2COCC3)CC1. The molecule has 2 aliphatic rings. The fraction of sp³-hybridized carbons (Fsp3) is 0.667. The van der Waals surface area contributed by atoms with E-state index in [1.165, 1.54) is 0 Å². The number of rotatable bonds is 3. The third-order valence-electron chi connectivity index (χ3n) is 4.30. The summed E-state index contributed by atoms with van der Waals surface area (Å²) in [5, 5.41) is 7.11. The maximum absolute atomic E-state index is 12.6. The first-order valence-corrected chi connectivity index (χ1v) is 7.80. The van der Waals surface area contributed by atoms with Crippen LogP contribution in [0.25, 0.3) is 0 Å². The molecule has 0 bridgehead atoms. The molecular weight excluding hydrogens is 286 g/mol. The fourth-order valence-electron chi connectivity index (χ4n) is 3.02. The average Bonchev–Trinajstić information content (AvgIpc) is 2.98. The lowest BCUT2D eigenvalue weighted by atomic mass is 9.96. The molecule has 0 saturated carbocycles. The van der Waals surface area contributed by atoms with E-state index in [-0.39, 0.29) is 17.8 Å². The van der Waals surface area contributed by atoms with E-state index in [1.54, 1.807) is 11.8 Å².